The van der Waals surface area contributed by atoms with Gasteiger partial charge >= 0.3 is 0 Å². The highest BCUT2D eigenvalue weighted by Gasteiger charge is 2.14. The van der Waals surface area contributed by atoms with Gasteiger partial charge in [-0.05, 0) is 30.5 Å². The standard InChI is InChI=1S/C15H18N2O/c1-4-11-7-6-8-12(9-11)15(18)14-10-13(5-2)16-17(14)3/h6-10H,4-5H2,1-3H3. The number of hydrogen-bond donors (Lipinski definition) is 0. The van der Waals surface area contributed by atoms with Crippen molar-refractivity contribution < 1.29 is 4.79 Å². The van der Waals surface area contributed by atoms with E-state index in [1.807, 2.05) is 44.3 Å². The van der Waals surface area contributed by atoms with Crippen molar-refractivity contribution in [2.75, 3.05) is 0 Å². The Morgan fingerprint density at radius 2 is 2.00 bits per heavy atom. The van der Waals surface area contributed by atoms with Crippen LogP contribution in [0, 0.1) is 0 Å². The number of carbonyl (C=O) groups is 1. The van der Waals surface area contributed by atoms with Gasteiger partial charge in [-0.1, -0.05) is 32.0 Å². The quantitative estimate of drug-likeness (QED) is 0.773. The van der Waals surface area contributed by atoms with Crippen molar-refractivity contribution >= 4 is 5.78 Å². The van der Waals surface area contributed by atoms with Crippen molar-refractivity contribution in [3.63, 3.8) is 0 Å². The largest absolute Gasteiger partial charge is 0.287 e. The summed E-state index contributed by atoms with van der Waals surface area (Å²) in [5.41, 5.74) is 3.52. The van der Waals surface area contributed by atoms with Crippen molar-refractivity contribution in [3.05, 3.63) is 52.8 Å². The van der Waals surface area contributed by atoms with Gasteiger partial charge in [-0.3, -0.25) is 9.48 Å². The highest BCUT2D eigenvalue weighted by molar-refractivity contribution is 6.08. The predicted octanol–water partition coefficient (Wildman–Crippen LogP) is 2.78. The third kappa shape index (κ3) is 2.35. The molecule has 1 aromatic heterocycles. The zero-order valence-corrected chi connectivity index (χ0v) is 11.1. The molecule has 0 spiro atoms. The first-order valence-corrected chi connectivity index (χ1v) is 6.32. The third-order valence-electron chi connectivity index (χ3n) is 3.12. The summed E-state index contributed by atoms with van der Waals surface area (Å²) >= 11 is 0. The molecule has 18 heavy (non-hydrogen) atoms. The lowest BCUT2D eigenvalue weighted by Gasteiger charge is -2.03. The van der Waals surface area contributed by atoms with E-state index in [2.05, 4.69) is 12.0 Å². The molecule has 0 N–H and O–H groups in total. The van der Waals surface area contributed by atoms with E-state index in [0.29, 0.717) is 5.69 Å². The number of nitrogens with zero attached hydrogens (tertiary/aromatic N) is 2. The zero-order chi connectivity index (χ0) is 13.1. The van der Waals surface area contributed by atoms with E-state index in [-0.39, 0.29) is 5.78 Å². The van der Waals surface area contributed by atoms with Crippen molar-refractivity contribution in [1.82, 2.24) is 9.78 Å². The van der Waals surface area contributed by atoms with E-state index >= 15 is 0 Å². The van der Waals surface area contributed by atoms with E-state index in [4.69, 9.17) is 0 Å². The molecule has 0 saturated carbocycles. The minimum absolute atomic E-state index is 0.0417. The maximum atomic E-state index is 12.4. The maximum Gasteiger partial charge on any atom is 0.211 e. The van der Waals surface area contributed by atoms with Crippen LogP contribution in [0.1, 0.15) is 41.2 Å². The van der Waals surface area contributed by atoms with Crippen molar-refractivity contribution in [3.8, 4) is 0 Å². The van der Waals surface area contributed by atoms with Gasteiger partial charge in [0, 0.05) is 12.6 Å². The molecule has 0 saturated heterocycles. The Morgan fingerprint density at radius 3 is 2.61 bits per heavy atom. The summed E-state index contributed by atoms with van der Waals surface area (Å²) in [4.78, 5) is 12.4. The minimum atomic E-state index is 0.0417. The lowest BCUT2D eigenvalue weighted by molar-refractivity contribution is 0.103. The lowest BCUT2D eigenvalue weighted by atomic mass is 10.0. The second-order valence-corrected chi connectivity index (χ2v) is 4.38. The summed E-state index contributed by atoms with van der Waals surface area (Å²) in [6.45, 7) is 4.12. The number of aryl methyl sites for hydroxylation is 3. The van der Waals surface area contributed by atoms with Gasteiger partial charge in [0.15, 0.2) is 0 Å². The number of hydrogen-bond acceptors (Lipinski definition) is 2. The van der Waals surface area contributed by atoms with E-state index < -0.39 is 0 Å². The van der Waals surface area contributed by atoms with E-state index in [1.54, 1.807) is 4.68 Å². The number of carbonyl (C=O) groups excluding carboxylic acids is 1. The summed E-state index contributed by atoms with van der Waals surface area (Å²) in [7, 11) is 1.82. The smallest absolute Gasteiger partial charge is 0.211 e. The molecular weight excluding hydrogens is 224 g/mol. The maximum absolute atomic E-state index is 12.4. The summed E-state index contributed by atoms with van der Waals surface area (Å²) in [6.07, 6.45) is 1.78. The third-order valence-corrected chi connectivity index (χ3v) is 3.12. The Kier molecular flexibility index (Phi) is 3.60. The SMILES string of the molecule is CCc1cccc(C(=O)c2cc(CC)nn2C)c1. The van der Waals surface area contributed by atoms with Crippen molar-refractivity contribution in [1.29, 1.82) is 0 Å². The molecule has 0 unspecified atom stereocenters. The minimum Gasteiger partial charge on any atom is -0.287 e. The summed E-state index contributed by atoms with van der Waals surface area (Å²) in [5, 5.41) is 4.31. The van der Waals surface area contributed by atoms with Gasteiger partial charge in [-0.25, -0.2) is 0 Å². The highest BCUT2D eigenvalue weighted by atomic mass is 16.1. The van der Waals surface area contributed by atoms with Crippen LogP contribution in [0.15, 0.2) is 30.3 Å². The first-order chi connectivity index (χ1) is 8.65. The second-order valence-electron chi connectivity index (χ2n) is 4.38. The molecule has 0 amide bonds. The number of rotatable bonds is 4. The molecule has 0 atom stereocenters. The predicted molar refractivity (Wildman–Crippen MR) is 71.8 cm³/mol. The Bertz CT molecular complexity index is 570. The Hall–Kier alpha value is -1.90. The van der Waals surface area contributed by atoms with Crippen LogP contribution in [0.4, 0.5) is 0 Å². The number of aromatic nitrogens is 2. The fraction of sp³-hybridized carbons (Fsp3) is 0.333. The molecule has 0 aliphatic rings. The van der Waals surface area contributed by atoms with Crippen LogP contribution in [0.2, 0.25) is 0 Å². The normalized spacial score (nSPS) is 10.6. The molecule has 94 valence electrons. The highest BCUT2D eigenvalue weighted by Crippen LogP contribution is 2.13. The van der Waals surface area contributed by atoms with Crippen LogP contribution in [0.3, 0.4) is 0 Å². The van der Waals surface area contributed by atoms with E-state index in [0.717, 1.165) is 24.1 Å². The monoisotopic (exact) mass is 242 g/mol. The van der Waals surface area contributed by atoms with E-state index in [9.17, 15) is 4.79 Å². The molecule has 0 fully saturated rings. The second kappa shape index (κ2) is 5.17. The topological polar surface area (TPSA) is 34.9 Å². The molecule has 0 aliphatic heterocycles. The fourth-order valence-corrected chi connectivity index (χ4v) is 1.99. The van der Waals surface area contributed by atoms with Gasteiger partial charge in [0.2, 0.25) is 5.78 Å². The molecule has 2 aromatic rings. The molecule has 1 heterocycles. The van der Waals surface area contributed by atoms with Crippen LogP contribution in [0.25, 0.3) is 0 Å². The lowest BCUT2D eigenvalue weighted by Crippen LogP contribution is -2.08. The molecule has 0 aliphatic carbocycles. The average molecular weight is 242 g/mol. The van der Waals surface area contributed by atoms with Gasteiger partial charge in [-0.2, -0.15) is 5.10 Å². The van der Waals surface area contributed by atoms with Gasteiger partial charge in [0.1, 0.15) is 5.69 Å². The Balaban J connectivity index is 2.37. The molecule has 1 aromatic carbocycles. The summed E-state index contributed by atoms with van der Waals surface area (Å²) in [6, 6.07) is 9.67. The van der Waals surface area contributed by atoms with Crippen LogP contribution in [-0.4, -0.2) is 15.6 Å². The van der Waals surface area contributed by atoms with Gasteiger partial charge in [0.05, 0.1) is 5.69 Å². The van der Waals surface area contributed by atoms with Gasteiger partial charge < -0.3 is 0 Å². The molecule has 3 heteroatoms. The molecular formula is C15H18N2O. The van der Waals surface area contributed by atoms with Crippen molar-refractivity contribution in [2.45, 2.75) is 26.7 Å². The van der Waals surface area contributed by atoms with Crippen molar-refractivity contribution in [2.24, 2.45) is 7.05 Å². The van der Waals surface area contributed by atoms with Crippen LogP contribution < -0.4 is 0 Å². The summed E-state index contributed by atoms with van der Waals surface area (Å²) in [5.74, 6) is 0.0417. The van der Waals surface area contributed by atoms with Crippen LogP contribution in [0.5, 0.6) is 0 Å². The molecule has 0 radical (unpaired) electrons. The molecule has 0 bridgehead atoms. The van der Waals surface area contributed by atoms with Gasteiger partial charge in [-0.15, -0.1) is 0 Å². The Morgan fingerprint density at radius 1 is 1.22 bits per heavy atom. The van der Waals surface area contributed by atoms with Crippen LogP contribution >= 0.6 is 0 Å². The Labute approximate surface area is 107 Å². The molecule has 2 rings (SSSR count). The first kappa shape index (κ1) is 12.6. The average Bonchev–Trinajstić information content (AvgIpc) is 2.79. The zero-order valence-electron chi connectivity index (χ0n) is 11.1. The fourth-order valence-electron chi connectivity index (χ4n) is 1.99. The molecule has 3 nitrogen and oxygen atoms in total. The number of ketones is 1. The van der Waals surface area contributed by atoms with E-state index in [1.165, 1.54) is 5.56 Å². The summed E-state index contributed by atoms with van der Waals surface area (Å²) < 4.78 is 1.67. The van der Waals surface area contributed by atoms with Crippen LogP contribution in [-0.2, 0) is 19.9 Å². The first-order valence-electron chi connectivity index (χ1n) is 6.32. The van der Waals surface area contributed by atoms with Gasteiger partial charge in [0.25, 0.3) is 0 Å². The number of benzene rings is 1.